The van der Waals surface area contributed by atoms with Gasteiger partial charge in [-0.25, -0.2) is 4.98 Å². The van der Waals surface area contributed by atoms with Crippen molar-refractivity contribution in [2.24, 2.45) is 0 Å². The summed E-state index contributed by atoms with van der Waals surface area (Å²) in [5.41, 5.74) is 1.34. The molecule has 0 bridgehead atoms. The summed E-state index contributed by atoms with van der Waals surface area (Å²) in [6.45, 7) is 1.79. The molecule has 0 N–H and O–H groups in total. The zero-order valence-corrected chi connectivity index (χ0v) is 8.38. The largest absolute Gasteiger partial charge is 0.481 e. The Hall–Kier alpha value is -0.900. The first-order valence-electron chi connectivity index (χ1n) is 3.35. The third-order valence-electron chi connectivity index (χ3n) is 1.59. The maximum atomic E-state index is 10.6. The summed E-state index contributed by atoms with van der Waals surface area (Å²) in [6.07, 6.45) is 2.33. The molecule has 0 aliphatic heterocycles. The van der Waals surface area contributed by atoms with Crippen molar-refractivity contribution in [1.29, 1.82) is 0 Å². The minimum atomic E-state index is 0.486. The number of ether oxygens (including phenoxy) is 1. The van der Waals surface area contributed by atoms with E-state index in [1.807, 2.05) is 0 Å². The molecule has 0 saturated carbocycles. The zero-order chi connectivity index (χ0) is 9.14. The van der Waals surface area contributed by atoms with Gasteiger partial charge in [0.1, 0.15) is 0 Å². The Morgan fingerprint density at radius 2 is 2.33 bits per heavy atom. The fraction of sp³-hybridized carbons (Fsp3) is 0.250. The molecule has 1 heterocycles. The number of rotatable bonds is 2. The number of hydrogen-bond acceptors (Lipinski definition) is 3. The quantitative estimate of drug-likeness (QED) is 0.729. The van der Waals surface area contributed by atoms with Gasteiger partial charge in [0.2, 0.25) is 5.88 Å². The maximum Gasteiger partial charge on any atom is 0.216 e. The molecule has 1 aromatic heterocycles. The highest BCUT2D eigenvalue weighted by Gasteiger charge is 2.08. The van der Waals surface area contributed by atoms with Gasteiger partial charge in [0.15, 0.2) is 6.29 Å². The molecule has 0 aliphatic carbocycles. The lowest BCUT2D eigenvalue weighted by atomic mass is 10.2. The lowest BCUT2D eigenvalue weighted by Crippen LogP contribution is -1.96. The lowest BCUT2D eigenvalue weighted by Gasteiger charge is -2.05. The molecule has 4 heteroatoms. The Kier molecular flexibility index (Phi) is 2.81. The SMILES string of the molecule is COc1ncc(Br)c(C=O)c1C. The molecule has 12 heavy (non-hydrogen) atoms. The normalized spacial score (nSPS) is 9.58. The van der Waals surface area contributed by atoms with Crippen molar-refractivity contribution in [3.8, 4) is 5.88 Å². The number of aromatic nitrogens is 1. The van der Waals surface area contributed by atoms with Crippen LogP contribution in [0.15, 0.2) is 10.7 Å². The van der Waals surface area contributed by atoms with Crippen molar-refractivity contribution in [1.82, 2.24) is 4.98 Å². The van der Waals surface area contributed by atoms with Crippen LogP contribution in [0.25, 0.3) is 0 Å². The second-order valence-corrected chi connectivity index (χ2v) is 3.13. The number of carbonyl (C=O) groups is 1. The number of halogens is 1. The van der Waals surface area contributed by atoms with Crippen LogP contribution in [0.5, 0.6) is 5.88 Å². The van der Waals surface area contributed by atoms with Gasteiger partial charge in [0.05, 0.1) is 7.11 Å². The molecule has 64 valence electrons. The van der Waals surface area contributed by atoms with Gasteiger partial charge in [-0.1, -0.05) is 0 Å². The van der Waals surface area contributed by atoms with Gasteiger partial charge in [-0.05, 0) is 22.9 Å². The molecule has 0 spiro atoms. The molecule has 0 saturated heterocycles. The smallest absolute Gasteiger partial charge is 0.216 e. The Labute approximate surface area is 78.9 Å². The van der Waals surface area contributed by atoms with Crippen LogP contribution in [-0.4, -0.2) is 18.4 Å². The topological polar surface area (TPSA) is 39.2 Å². The summed E-state index contributed by atoms with van der Waals surface area (Å²) in [4.78, 5) is 14.6. The van der Waals surface area contributed by atoms with E-state index in [0.717, 1.165) is 11.8 Å². The second kappa shape index (κ2) is 3.67. The number of aldehydes is 1. The van der Waals surface area contributed by atoms with Gasteiger partial charge in [-0.15, -0.1) is 0 Å². The Morgan fingerprint density at radius 3 is 2.83 bits per heavy atom. The first-order valence-corrected chi connectivity index (χ1v) is 4.14. The van der Waals surface area contributed by atoms with E-state index in [4.69, 9.17) is 4.74 Å². The molecular formula is C8H8BrNO2. The van der Waals surface area contributed by atoms with Crippen LogP contribution in [0.2, 0.25) is 0 Å². The Balaban J connectivity index is 3.33. The zero-order valence-electron chi connectivity index (χ0n) is 6.80. The highest BCUT2D eigenvalue weighted by atomic mass is 79.9. The summed E-state index contributed by atoms with van der Waals surface area (Å²) in [5.74, 6) is 0.486. The molecule has 0 atom stereocenters. The molecule has 0 aromatic carbocycles. The predicted octanol–water partition coefficient (Wildman–Crippen LogP) is 1.97. The van der Waals surface area contributed by atoms with Crippen LogP contribution in [0.3, 0.4) is 0 Å². The predicted molar refractivity (Wildman–Crippen MR) is 48.6 cm³/mol. The van der Waals surface area contributed by atoms with Crippen LogP contribution < -0.4 is 4.74 Å². The Morgan fingerprint density at radius 1 is 1.67 bits per heavy atom. The molecule has 3 nitrogen and oxygen atoms in total. The van der Waals surface area contributed by atoms with Crippen LogP contribution in [0, 0.1) is 6.92 Å². The lowest BCUT2D eigenvalue weighted by molar-refractivity contribution is 0.112. The van der Waals surface area contributed by atoms with Crippen LogP contribution in [0.1, 0.15) is 15.9 Å². The Bertz CT molecular complexity index is 312. The van der Waals surface area contributed by atoms with Crippen LogP contribution in [0.4, 0.5) is 0 Å². The number of nitrogens with zero attached hydrogens (tertiary/aromatic N) is 1. The summed E-state index contributed by atoms with van der Waals surface area (Å²) in [5, 5.41) is 0. The number of hydrogen-bond donors (Lipinski definition) is 0. The van der Waals surface area contributed by atoms with Gasteiger partial charge in [-0.3, -0.25) is 4.79 Å². The van der Waals surface area contributed by atoms with E-state index in [9.17, 15) is 4.79 Å². The van der Waals surface area contributed by atoms with E-state index in [0.29, 0.717) is 15.9 Å². The number of methoxy groups -OCH3 is 1. The van der Waals surface area contributed by atoms with E-state index in [2.05, 4.69) is 20.9 Å². The van der Waals surface area contributed by atoms with Gasteiger partial charge >= 0.3 is 0 Å². The first-order chi connectivity index (χ1) is 5.70. The van der Waals surface area contributed by atoms with Gasteiger partial charge in [0.25, 0.3) is 0 Å². The number of pyridine rings is 1. The minimum absolute atomic E-state index is 0.486. The average molecular weight is 230 g/mol. The summed E-state index contributed by atoms with van der Waals surface area (Å²) >= 11 is 3.22. The minimum Gasteiger partial charge on any atom is -0.481 e. The summed E-state index contributed by atoms with van der Waals surface area (Å²) in [7, 11) is 1.53. The average Bonchev–Trinajstić information content (AvgIpc) is 2.06. The fourth-order valence-electron chi connectivity index (χ4n) is 0.926. The van der Waals surface area contributed by atoms with Gasteiger partial charge < -0.3 is 4.74 Å². The van der Waals surface area contributed by atoms with Crippen molar-refractivity contribution in [3.63, 3.8) is 0 Å². The fourth-order valence-corrected chi connectivity index (χ4v) is 1.42. The molecule has 0 amide bonds. The van der Waals surface area contributed by atoms with E-state index < -0.39 is 0 Å². The molecule has 0 radical (unpaired) electrons. The van der Waals surface area contributed by atoms with E-state index >= 15 is 0 Å². The third kappa shape index (κ3) is 1.48. The molecule has 0 fully saturated rings. The van der Waals surface area contributed by atoms with Gasteiger partial charge in [0, 0.05) is 21.8 Å². The van der Waals surface area contributed by atoms with Crippen molar-refractivity contribution < 1.29 is 9.53 Å². The highest BCUT2D eigenvalue weighted by Crippen LogP contribution is 2.23. The standard InChI is InChI=1S/C8H8BrNO2/c1-5-6(4-11)7(9)3-10-8(5)12-2/h3-4H,1-2H3. The van der Waals surface area contributed by atoms with E-state index in [1.165, 1.54) is 7.11 Å². The van der Waals surface area contributed by atoms with E-state index in [1.54, 1.807) is 13.1 Å². The van der Waals surface area contributed by atoms with E-state index in [-0.39, 0.29) is 0 Å². The summed E-state index contributed by atoms with van der Waals surface area (Å²) < 4.78 is 5.64. The third-order valence-corrected chi connectivity index (χ3v) is 2.22. The first kappa shape index (κ1) is 9.19. The monoisotopic (exact) mass is 229 g/mol. The number of carbonyl (C=O) groups excluding carboxylic acids is 1. The molecular weight excluding hydrogens is 222 g/mol. The molecule has 0 unspecified atom stereocenters. The molecule has 1 rings (SSSR count). The molecule has 1 aromatic rings. The second-order valence-electron chi connectivity index (χ2n) is 2.27. The summed E-state index contributed by atoms with van der Waals surface area (Å²) in [6, 6.07) is 0. The highest BCUT2D eigenvalue weighted by molar-refractivity contribution is 9.10. The van der Waals surface area contributed by atoms with Crippen LogP contribution in [-0.2, 0) is 0 Å². The maximum absolute atomic E-state index is 10.6. The van der Waals surface area contributed by atoms with Crippen molar-refractivity contribution in [3.05, 3.63) is 21.8 Å². The van der Waals surface area contributed by atoms with Gasteiger partial charge in [-0.2, -0.15) is 0 Å². The van der Waals surface area contributed by atoms with Crippen LogP contribution >= 0.6 is 15.9 Å². The van der Waals surface area contributed by atoms with Crippen molar-refractivity contribution >= 4 is 22.2 Å². The van der Waals surface area contributed by atoms with Crippen molar-refractivity contribution in [2.45, 2.75) is 6.92 Å². The molecule has 0 aliphatic rings. The van der Waals surface area contributed by atoms with Crippen molar-refractivity contribution in [2.75, 3.05) is 7.11 Å².